The first kappa shape index (κ1) is 13.0. The lowest BCUT2D eigenvalue weighted by molar-refractivity contribution is 0.302. The smallest absolute Gasteiger partial charge is 0.0606 e. The van der Waals surface area contributed by atoms with Gasteiger partial charge in [-0.05, 0) is 32.5 Å². The van der Waals surface area contributed by atoms with Crippen LogP contribution in [0.25, 0.3) is 0 Å². The Hall–Kier alpha value is -1.06. The second-order valence-electron chi connectivity index (χ2n) is 3.97. The number of benzene rings is 1. The molecule has 0 heterocycles. The van der Waals surface area contributed by atoms with Crippen LogP contribution in [0.15, 0.2) is 18.2 Å². The summed E-state index contributed by atoms with van der Waals surface area (Å²) in [4.78, 5) is 2.20. The summed E-state index contributed by atoms with van der Waals surface area (Å²) >= 11 is 0. The lowest BCUT2D eigenvalue weighted by atomic mass is 10.1. The molecule has 0 aliphatic heterocycles. The molecule has 0 atom stereocenters. The highest BCUT2D eigenvalue weighted by atomic mass is 16.3. The van der Waals surface area contributed by atoms with E-state index >= 15 is 0 Å². The fraction of sp³-hybridized carbons (Fsp3) is 0.538. The van der Waals surface area contributed by atoms with E-state index in [0.29, 0.717) is 6.54 Å². The number of likely N-dealkylation sites (N-methyl/N-ethyl adjacent to an activating group) is 1. The maximum Gasteiger partial charge on any atom is 0.0606 e. The van der Waals surface area contributed by atoms with E-state index in [2.05, 4.69) is 42.3 Å². The van der Waals surface area contributed by atoms with Crippen LogP contribution in [0.4, 0.5) is 5.69 Å². The molecule has 0 radical (unpaired) electrons. The second kappa shape index (κ2) is 6.51. The molecule has 0 bridgehead atoms. The van der Waals surface area contributed by atoms with E-state index in [9.17, 15) is 0 Å². The van der Waals surface area contributed by atoms with Crippen molar-refractivity contribution < 1.29 is 5.11 Å². The Balaban J connectivity index is 2.99. The van der Waals surface area contributed by atoms with E-state index in [1.165, 1.54) is 16.8 Å². The average molecular weight is 222 g/mol. The molecule has 0 saturated heterocycles. The van der Waals surface area contributed by atoms with E-state index < -0.39 is 0 Å². The monoisotopic (exact) mass is 222 g/mol. The molecule has 16 heavy (non-hydrogen) atoms. The molecule has 0 saturated carbocycles. The molecular weight excluding hydrogens is 200 g/mol. The quantitative estimate of drug-likeness (QED) is 0.766. The van der Waals surface area contributed by atoms with Crippen molar-refractivity contribution in [2.24, 2.45) is 0 Å². The first-order chi connectivity index (χ1) is 7.72. The second-order valence-corrected chi connectivity index (χ2v) is 3.97. The van der Waals surface area contributed by atoms with Gasteiger partial charge in [0.05, 0.1) is 6.61 Å². The number of nitrogens with zero attached hydrogens (tertiary/aromatic N) is 1. The third kappa shape index (κ3) is 3.22. The van der Waals surface area contributed by atoms with Crippen molar-refractivity contribution in [1.29, 1.82) is 0 Å². The molecule has 3 heteroatoms. The Morgan fingerprint density at radius 2 is 2.12 bits per heavy atom. The number of hydrogen-bond acceptors (Lipinski definition) is 3. The van der Waals surface area contributed by atoms with Crippen LogP contribution < -0.4 is 10.2 Å². The summed E-state index contributed by atoms with van der Waals surface area (Å²) in [6.45, 7) is 6.88. The molecule has 0 fully saturated rings. The Labute approximate surface area is 98.1 Å². The summed E-state index contributed by atoms with van der Waals surface area (Å²) in [6.07, 6.45) is 0. The minimum absolute atomic E-state index is 0.195. The molecule has 0 spiro atoms. The first-order valence-corrected chi connectivity index (χ1v) is 5.82. The maximum atomic E-state index is 9.05. The van der Waals surface area contributed by atoms with Gasteiger partial charge in [0.2, 0.25) is 0 Å². The van der Waals surface area contributed by atoms with E-state index in [4.69, 9.17) is 5.11 Å². The molecule has 1 aromatic carbocycles. The number of aliphatic hydroxyl groups is 1. The van der Waals surface area contributed by atoms with Gasteiger partial charge in [-0.25, -0.2) is 0 Å². The van der Waals surface area contributed by atoms with Gasteiger partial charge in [0.15, 0.2) is 0 Å². The molecule has 0 aromatic heterocycles. The van der Waals surface area contributed by atoms with Crippen molar-refractivity contribution in [3.63, 3.8) is 0 Å². The highest BCUT2D eigenvalue weighted by Crippen LogP contribution is 2.21. The Morgan fingerprint density at radius 3 is 2.69 bits per heavy atom. The largest absolute Gasteiger partial charge is 0.395 e. The Bertz CT molecular complexity index is 326. The van der Waals surface area contributed by atoms with Crippen molar-refractivity contribution in [1.82, 2.24) is 5.32 Å². The summed E-state index contributed by atoms with van der Waals surface area (Å²) in [5.41, 5.74) is 3.78. The molecular formula is C13H22N2O. The normalized spacial score (nSPS) is 10.5. The lowest BCUT2D eigenvalue weighted by Gasteiger charge is -2.25. The Morgan fingerprint density at radius 1 is 1.38 bits per heavy atom. The van der Waals surface area contributed by atoms with Crippen LogP contribution in [0.5, 0.6) is 0 Å². The van der Waals surface area contributed by atoms with Crippen LogP contribution in [0.1, 0.15) is 18.1 Å². The topological polar surface area (TPSA) is 35.5 Å². The third-order valence-electron chi connectivity index (χ3n) is 2.69. The van der Waals surface area contributed by atoms with Crippen LogP contribution in [0, 0.1) is 6.92 Å². The number of aliphatic hydroxyl groups excluding tert-OH is 1. The zero-order valence-corrected chi connectivity index (χ0v) is 10.5. The molecule has 90 valence electrons. The number of rotatable bonds is 6. The van der Waals surface area contributed by atoms with Crippen molar-refractivity contribution in [2.75, 3.05) is 31.6 Å². The number of aryl methyl sites for hydroxylation is 1. The van der Waals surface area contributed by atoms with Gasteiger partial charge >= 0.3 is 0 Å². The summed E-state index contributed by atoms with van der Waals surface area (Å²) in [6, 6.07) is 6.46. The van der Waals surface area contributed by atoms with Gasteiger partial charge in [0, 0.05) is 25.3 Å². The molecule has 1 aromatic rings. The number of anilines is 1. The van der Waals surface area contributed by atoms with E-state index in [1.54, 1.807) is 0 Å². The van der Waals surface area contributed by atoms with Gasteiger partial charge < -0.3 is 15.3 Å². The van der Waals surface area contributed by atoms with Gasteiger partial charge in [-0.2, -0.15) is 0 Å². The fourth-order valence-corrected chi connectivity index (χ4v) is 1.92. The highest BCUT2D eigenvalue weighted by Gasteiger charge is 2.08. The first-order valence-electron chi connectivity index (χ1n) is 5.82. The van der Waals surface area contributed by atoms with Crippen LogP contribution >= 0.6 is 0 Å². The predicted molar refractivity (Wildman–Crippen MR) is 68.9 cm³/mol. The molecule has 0 aliphatic rings. The fourth-order valence-electron chi connectivity index (χ4n) is 1.92. The van der Waals surface area contributed by atoms with Crippen molar-refractivity contribution in [3.05, 3.63) is 29.3 Å². The van der Waals surface area contributed by atoms with Crippen molar-refractivity contribution in [3.8, 4) is 0 Å². The average Bonchev–Trinajstić information content (AvgIpc) is 2.27. The van der Waals surface area contributed by atoms with Crippen LogP contribution in [-0.4, -0.2) is 31.9 Å². The summed E-state index contributed by atoms with van der Waals surface area (Å²) in [7, 11) is 1.95. The molecule has 3 nitrogen and oxygen atoms in total. The van der Waals surface area contributed by atoms with Crippen LogP contribution in [0.3, 0.4) is 0 Å². The van der Waals surface area contributed by atoms with Crippen molar-refractivity contribution in [2.45, 2.75) is 20.4 Å². The standard InChI is InChI=1S/C13H22N2O/c1-4-15(7-8-16)13-6-5-11(2)9-12(13)10-14-3/h5-6,9,14,16H,4,7-8,10H2,1-3H3. The van der Waals surface area contributed by atoms with Gasteiger partial charge in [-0.3, -0.25) is 0 Å². The minimum atomic E-state index is 0.195. The predicted octanol–water partition coefficient (Wildman–Crippen LogP) is 1.53. The van der Waals surface area contributed by atoms with Gasteiger partial charge in [-0.1, -0.05) is 17.7 Å². The Kier molecular flexibility index (Phi) is 5.29. The number of hydrogen-bond donors (Lipinski definition) is 2. The third-order valence-corrected chi connectivity index (χ3v) is 2.69. The van der Waals surface area contributed by atoms with E-state index in [1.807, 2.05) is 7.05 Å². The number of nitrogens with one attached hydrogen (secondary N) is 1. The minimum Gasteiger partial charge on any atom is -0.395 e. The van der Waals surface area contributed by atoms with E-state index in [0.717, 1.165) is 13.1 Å². The summed E-state index contributed by atoms with van der Waals surface area (Å²) in [5.74, 6) is 0. The van der Waals surface area contributed by atoms with Crippen LogP contribution in [-0.2, 0) is 6.54 Å². The summed E-state index contributed by atoms with van der Waals surface area (Å²) < 4.78 is 0. The van der Waals surface area contributed by atoms with Crippen LogP contribution in [0.2, 0.25) is 0 Å². The van der Waals surface area contributed by atoms with Crippen molar-refractivity contribution >= 4 is 5.69 Å². The van der Waals surface area contributed by atoms with E-state index in [-0.39, 0.29) is 6.61 Å². The maximum absolute atomic E-state index is 9.05. The SMILES string of the molecule is CCN(CCO)c1ccc(C)cc1CNC. The van der Waals surface area contributed by atoms with Gasteiger partial charge in [0.1, 0.15) is 0 Å². The lowest BCUT2D eigenvalue weighted by Crippen LogP contribution is -2.27. The molecule has 1 rings (SSSR count). The molecule has 2 N–H and O–H groups in total. The molecule has 0 unspecified atom stereocenters. The zero-order chi connectivity index (χ0) is 12.0. The molecule has 0 amide bonds. The highest BCUT2D eigenvalue weighted by molar-refractivity contribution is 5.55. The zero-order valence-electron chi connectivity index (χ0n) is 10.5. The van der Waals surface area contributed by atoms with Gasteiger partial charge in [-0.15, -0.1) is 0 Å². The molecule has 0 aliphatic carbocycles. The van der Waals surface area contributed by atoms with Gasteiger partial charge in [0.25, 0.3) is 0 Å². The summed E-state index contributed by atoms with van der Waals surface area (Å²) in [5, 5.41) is 12.2.